The number of hydrogen-bond donors (Lipinski definition) is 2. The first-order valence-electron chi connectivity index (χ1n) is 10.7. The fourth-order valence-corrected chi connectivity index (χ4v) is 3.68. The largest absolute Gasteiger partial charge is 0.519 e. The Morgan fingerprint density at radius 3 is 2.83 bits per heavy atom. The van der Waals surface area contributed by atoms with E-state index in [2.05, 4.69) is 20.9 Å². The third-order valence-corrected chi connectivity index (χ3v) is 5.72. The van der Waals surface area contributed by atoms with E-state index in [9.17, 15) is 19.1 Å². The van der Waals surface area contributed by atoms with Crippen LogP contribution >= 0.6 is 0 Å². The average Bonchev–Trinajstić information content (AvgIpc) is 3.47. The number of rotatable bonds is 7. The molecule has 1 fully saturated rings. The van der Waals surface area contributed by atoms with Gasteiger partial charge in [-0.05, 0) is 19.9 Å². The van der Waals surface area contributed by atoms with E-state index in [4.69, 9.17) is 30.5 Å². The van der Waals surface area contributed by atoms with Crippen molar-refractivity contribution in [2.45, 2.75) is 38.0 Å². The van der Waals surface area contributed by atoms with Gasteiger partial charge in [0.2, 0.25) is 0 Å². The lowest BCUT2D eigenvalue weighted by molar-refractivity contribution is -0.199. The van der Waals surface area contributed by atoms with Crippen LogP contribution in [0, 0.1) is 25.3 Å². The number of carbonyl (C=O) groups is 1. The van der Waals surface area contributed by atoms with Crippen LogP contribution in [-0.2, 0) is 16.0 Å². The number of nitrogen functional groups attached to an aromatic ring is 1. The Labute approximate surface area is 203 Å². The molecular weight excluding hydrogens is 481 g/mol. The second-order valence-corrected chi connectivity index (χ2v) is 8.30. The molecule has 15 heteroatoms. The first-order chi connectivity index (χ1) is 17.0. The highest BCUT2D eigenvalue weighted by Gasteiger charge is 2.52. The number of nitrogens with two attached hydrogens (primary N) is 1. The van der Waals surface area contributed by atoms with Gasteiger partial charge in [-0.15, -0.1) is 6.42 Å². The number of aryl methyl sites for hydroxylation is 1. The van der Waals surface area contributed by atoms with Gasteiger partial charge in [-0.2, -0.15) is 14.4 Å². The van der Waals surface area contributed by atoms with E-state index < -0.39 is 36.1 Å². The van der Waals surface area contributed by atoms with E-state index in [0.29, 0.717) is 18.1 Å². The van der Waals surface area contributed by atoms with E-state index in [1.54, 1.807) is 18.9 Å². The molecule has 4 rings (SSSR count). The normalized spacial score (nSPS) is 21.7. The van der Waals surface area contributed by atoms with Crippen molar-refractivity contribution in [3.63, 3.8) is 0 Å². The van der Waals surface area contributed by atoms with Crippen LogP contribution in [0.15, 0.2) is 20.0 Å². The van der Waals surface area contributed by atoms with Gasteiger partial charge in [0.15, 0.2) is 22.7 Å². The molecule has 1 aliphatic heterocycles. The van der Waals surface area contributed by atoms with Crippen LogP contribution in [-0.4, -0.2) is 79.6 Å². The van der Waals surface area contributed by atoms with Crippen LogP contribution < -0.4 is 11.6 Å². The number of halogens is 1. The third kappa shape index (κ3) is 4.73. The Kier molecular flexibility index (Phi) is 6.67. The fourth-order valence-electron chi connectivity index (χ4n) is 3.68. The van der Waals surface area contributed by atoms with Crippen LogP contribution in [0.5, 0.6) is 0 Å². The van der Waals surface area contributed by atoms with E-state index in [-0.39, 0.29) is 36.5 Å². The minimum atomic E-state index is -2.10. The number of aliphatic hydroxyl groups excluding tert-OH is 1. The van der Waals surface area contributed by atoms with Crippen molar-refractivity contribution in [1.82, 2.24) is 29.3 Å². The van der Waals surface area contributed by atoms with Crippen molar-refractivity contribution in [2.24, 2.45) is 0 Å². The molecule has 1 amide bonds. The van der Waals surface area contributed by atoms with Gasteiger partial charge in [-0.1, -0.05) is 0 Å². The predicted molar refractivity (Wildman–Crippen MR) is 119 cm³/mol. The molecule has 0 saturated carbocycles. The van der Waals surface area contributed by atoms with Crippen molar-refractivity contribution in [2.75, 3.05) is 32.9 Å². The Balaban J connectivity index is 1.40. The lowest BCUT2D eigenvalue weighted by Crippen LogP contribution is -2.46. The summed E-state index contributed by atoms with van der Waals surface area (Å²) >= 11 is 0. The topological polar surface area (TPSA) is 175 Å². The monoisotopic (exact) mass is 505 g/mol. The number of imidazole rings is 1. The van der Waals surface area contributed by atoms with Gasteiger partial charge in [-0.3, -0.25) is 9.47 Å². The molecule has 1 aliphatic rings. The first kappa shape index (κ1) is 25.1. The molecule has 3 atom stereocenters. The predicted octanol–water partition coefficient (Wildman–Crippen LogP) is 0.212. The summed E-state index contributed by atoms with van der Waals surface area (Å²) in [6.07, 6.45) is 2.49. The zero-order chi connectivity index (χ0) is 26.2. The van der Waals surface area contributed by atoms with Crippen molar-refractivity contribution < 1.29 is 32.6 Å². The maximum absolute atomic E-state index is 13.7. The molecule has 0 aromatic carbocycles. The fraction of sp³-hybridized carbons (Fsp3) is 0.476. The summed E-state index contributed by atoms with van der Waals surface area (Å²) in [5.74, 6) is -0.0851. The first-order valence-corrected chi connectivity index (χ1v) is 10.7. The molecule has 3 aromatic heterocycles. The number of carbonyl (C=O) groups excluding carboxylic acids is 1. The maximum Gasteiger partial charge on any atom is 0.519 e. The Morgan fingerprint density at radius 1 is 1.42 bits per heavy atom. The highest BCUT2D eigenvalue weighted by Crippen LogP contribution is 2.39. The van der Waals surface area contributed by atoms with Crippen LogP contribution in [0.1, 0.15) is 24.2 Å². The quantitative estimate of drug-likeness (QED) is 0.330. The number of terminal acetylenes is 1. The van der Waals surface area contributed by atoms with Gasteiger partial charge >= 0.3 is 23.8 Å². The second kappa shape index (κ2) is 9.57. The number of fused-ring (bicyclic) bond motifs is 1. The average molecular weight is 505 g/mol. The van der Waals surface area contributed by atoms with Crippen LogP contribution in [0.4, 0.5) is 15.0 Å². The van der Waals surface area contributed by atoms with Crippen molar-refractivity contribution in [3.05, 3.63) is 34.5 Å². The third-order valence-electron chi connectivity index (χ3n) is 5.72. The number of amides is 1. The molecular formula is C21H24FN7O7. The maximum atomic E-state index is 13.7. The van der Waals surface area contributed by atoms with E-state index in [1.807, 2.05) is 0 Å². The Morgan fingerprint density at radius 2 is 2.17 bits per heavy atom. The molecule has 14 nitrogen and oxygen atoms in total. The van der Waals surface area contributed by atoms with Crippen LogP contribution in [0.2, 0.25) is 0 Å². The van der Waals surface area contributed by atoms with E-state index in [0.717, 1.165) is 0 Å². The summed E-state index contributed by atoms with van der Waals surface area (Å²) in [6.45, 7) is 2.48. The standard InChI is InChI=1S/C21H24FN7O7/c1-5-21(36-19(31)28(4)7-6-27(3)9-12-11(2)33-20(32)34-12)13(30)8-14(35-21)29-10-24-15-16(23)25-18(22)26-17(15)29/h1,10,13-14,30H,6-9H2,2-4H3,(H2,23,25,26)/t13-,14+,21+/m0/s1. The smallest absolute Gasteiger partial charge is 0.402 e. The summed E-state index contributed by atoms with van der Waals surface area (Å²) in [4.78, 5) is 38.1. The summed E-state index contributed by atoms with van der Waals surface area (Å²) in [5.41, 5.74) is 5.85. The number of aliphatic hydroxyl groups is 1. The lowest BCUT2D eigenvalue weighted by Gasteiger charge is -2.29. The number of hydrogen-bond acceptors (Lipinski definition) is 12. The minimum Gasteiger partial charge on any atom is -0.402 e. The second-order valence-electron chi connectivity index (χ2n) is 8.30. The molecule has 0 radical (unpaired) electrons. The molecule has 3 N–H and O–H groups in total. The van der Waals surface area contributed by atoms with Crippen molar-refractivity contribution in [1.29, 1.82) is 0 Å². The number of anilines is 1. The summed E-state index contributed by atoms with van der Waals surface area (Å²) in [7, 11) is 3.24. The summed E-state index contributed by atoms with van der Waals surface area (Å²) in [5, 5.41) is 10.6. The number of nitrogens with zero attached hydrogens (tertiary/aromatic N) is 6. The molecule has 36 heavy (non-hydrogen) atoms. The zero-order valence-corrected chi connectivity index (χ0v) is 19.7. The van der Waals surface area contributed by atoms with Crippen LogP contribution in [0.25, 0.3) is 11.2 Å². The van der Waals surface area contributed by atoms with Crippen LogP contribution in [0.3, 0.4) is 0 Å². The van der Waals surface area contributed by atoms with E-state index in [1.165, 1.54) is 22.8 Å². The summed E-state index contributed by atoms with van der Waals surface area (Å²) in [6, 6.07) is 0. The van der Waals surface area contributed by atoms with Gasteiger partial charge < -0.3 is 34.0 Å². The molecule has 192 valence electrons. The Bertz CT molecular complexity index is 1380. The SMILES string of the molecule is C#C[C@]1(OC(=O)N(C)CCN(C)Cc2oc(=O)oc2C)O[C@@H](n2cnc3c(N)nc(F)nc32)C[C@@H]1O. The highest BCUT2D eigenvalue weighted by molar-refractivity contribution is 5.81. The molecule has 0 spiro atoms. The van der Waals surface area contributed by atoms with E-state index >= 15 is 0 Å². The van der Waals surface area contributed by atoms with Crippen molar-refractivity contribution in [3.8, 4) is 12.3 Å². The molecule has 0 bridgehead atoms. The highest BCUT2D eigenvalue weighted by atomic mass is 19.1. The Hall–Kier alpha value is -4.00. The van der Waals surface area contributed by atoms with Gasteiger partial charge in [0, 0.05) is 26.6 Å². The van der Waals surface area contributed by atoms with Gasteiger partial charge in [-0.25, -0.2) is 14.6 Å². The molecule has 0 aliphatic carbocycles. The van der Waals surface area contributed by atoms with Gasteiger partial charge in [0.25, 0.3) is 0 Å². The zero-order valence-electron chi connectivity index (χ0n) is 19.7. The lowest BCUT2D eigenvalue weighted by atomic mass is 10.1. The molecule has 1 saturated heterocycles. The van der Waals surface area contributed by atoms with Crippen molar-refractivity contribution >= 4 is 23.1 Å². The molecule has 3 aromatic rings. The van der Waals surface area contributed by atoms with Gasteiger partial charge in [0.05, 0.1) is 12.9 Å². The summed E-state index contributed by atoms with van der Waals surface area (Å²) < 4.78 is 36.0. The number of ether oxygens (including phenoxy) is 2. The number of aromatic nitrogens is 4. The number of likely N-dealkylation sites (N-methyl/N-ethyl adjacent to an activating group) is 2. The molecule has 4 heterocycles. The minimum absolute atomic E-state index is 0.0280. The van der Waals surface area contributed by atoms with Gasteiger partial charge in [0.1, 0.15) is 18.1 Å². The molecule has 0 unspecified atom stereocenters.